The zero-order valence-corrected chi connectivity index (χ0v) is 25.0. The van der Waals surface area contributed by atoms with Gasteiger partial charge in [-0.15, -0.1) is 11.3 Å². The van der Waals surface area contributed by atoms with Gasteiger partial charge < -0.3 is 8.98 Å². The molecule has 0 radical (unpaired) electrons. The Bertz CT molecular complexity index is 2760. The molecule has 0 aliphatic heterocycles. The third kappa shape index (κ3) is 3.62. The molecule has 0 spiro atoms. The van der Waals surface area contributed by atoms with E-state index in [1.165, 1.54) is 42.1 Å². The van der Waals surface area contributed by atoms with Crippen LogP contribution in [0.3, 0.4) is 0 Å². The third-order valence-electron chi connectivity index (χ3n) is 9.19. The van der Waals surface area contributed by atoms with Gasteiger partial charge >= 0.3 is 0 Å². The summed E-state index contributed by atoms with van der Waals surface area (Å²) in [6.07, 6.45) is 0. The molecule has 3 heteroatoms. The number of hydrogen-bond acceptors (Lipinski definition) is 2. The highest BCUT2D eigenvalue weighted by molar-refractivity contribution is 7.26. The van der Waals surface area contributed by atoms with Crippen molar-refractivity contribution in [3.63, 3.8) is 0 Å². The van der Waals surface area contributed by atoms with E-state index in [9.17, 15) is 0 Å². The van der Waals surface area contributed by atoms with Crippen LogP contribution in [0.1, 0.15) is 0 Å². The molecule has 0 fully saturated rings. The molecular formula is C42H25NOS. The van der Waals surface area contributed by atoms with Crippen LogP contribution in [0, 0.1) is 0 Å². The Morgan fingerprint density at radius 2 is 1.22 bits per heavy atom. The van der Waals surface area contributed by atoms with E-state index in [1.54, 1.807) is 0 Å². The monoisotopic (exact) mass is 591 g/mol. The van der Waals surface area contributed by atoms with Gasteiger partial charge in [-0.3, -0.25) is 0 Å². The van der Waals surface area contributed by atoms with Crippen LogP contribution in [0.5, 0.6) is 0 Å². The second-order valence-corrected chi connectivity index (χ2v) is 12.8. The predicted octanol–water partition coefficient (Wildman–Crippen LogP) is 12.4. The van der Waals surface area contributed by atoms with Crippen molar-refractivity contribution in [2.75, 3.05) is 0 Å². The molecule has 0 aliphatic carbocycles. The van der Waals surface area contributed by atoms with Crippen molar-refractivity contribution in [2.24, 2.45) is 0 Å². The normalized spacial score (nSPS) is 12.0. The van der Waals surface area contributed by atoms with Gasteiger partial charge in [0.05, 0.1) is 5.52 Å². The quantitative estimate of drug-likeness (QED) is 0.200. The van der Waals surface area contributed by atoms with Crippen LogP contribution >= 0.6 is 11.3 Å². The minimum Gasteiger partial charge on any atom is -0.453 e. The lowest BCUT2D eigenvalue weighted by atomic mass is 9.97. The van der Waals surface area contributed by atoms with E-state index in [-0.39, 0.29) is 0 Å². The van der Waals surface area contributed by atoms with Crippen LogP contribution < -0.4 is 0 Å². The Hall–Kier alpha value is -5.64. The Morgan fingerprint density at radius 1 is 0.467 bits per heavy atom. The summed E-state index contributed by atoms with van der Waals surface area (Å²) in [5, 5.41) is 7.53. The highest BCUT2D eigenvalue weighted by atomic mass is 32.1. The molecule has 3 heterocycles. The number of thiophene rings is 1. The number of fused-ring (bicyclic) bond motifs is 10. The van der Waals surface area contributed by atoms with Crippen LogP contribution in [0.2, 0.25) is 0 Å². The van der Waals surface area contributed by atoms with Crippen molar-refractivity contribution < 1.29 is 4.42 Å². The topological polar surface area (TPSA) is 18.1 Å². The molecule has 0 aliphatic rings. The second-order valence-electron chi connectivity index (χ2n) is 11.7. The third-order valence-corrected chi connectivity index (χ3v) is 10.3. The Kier molecular flexibility index (Phi) is 5.19. The highest BCUT2D eigenvalue weighted by Gasteiger charge is 2.21. The predicted molar refractivity (Wildman–Crippen MR) is 192 cm³/mol. The molecule has 0 saturated heterocycles. The van der Waals surface area contributed by atoms with Crippen LogP contribution in [0.25, 0.3) is 91.9 Å². The molecule has 0 unspecified atom stereocenters. The number of benzene rings is 7. The fourth-order valence-electron chi connectivity index (χ4n) is 7.16. The molecule has 0 bridgehead atoms. The highest BCUT2D eigenvalue weighted by Crippen LogP contribution is 2.43. The summed E-state index contributed by atoms with van der Waals surface area (Å²) in [5.41, 5.74) is 9.90. The summed E-state index contributed by atoms with van der Waals surface area (Å²) in [6, 6.07) is 54.6. The average molecular weight is 592 g/mol. The fraction of sp³-hybridized carbons (Fsp3) is 0. The molecular weight excluding hydrogens is 567 g/mol. The smallest absolute Gasteiger partial charge is 0.161 e. The molecule has 210 valence electrons. The van der Waals surface area contributed by atoms with E-state index in [1.807, 2.05) is 11.3 Å². The van der Waals surface area contributed by atoms with Crippen LogP contribution in [0.4, 0.5) is 0 Å². The maximum atomic E-state index is 6.81. The number of rotatable bonds is 3. The first kappa shape index (κ1) is 24.8. The summed E-state index contributed by atoms with van der Waals surface area (Å²) >= 11 is 1.87. The molecule has 0 saturated carbocycles. The van der Waals surface area contributed by atoms with E-state index < -0.39 is 0 Å². The first-order valence-electron chi connectivity index (χ1n) is 15.3. The fourth-order valence-corrected chi connectivity index (χ4v) is 8.32. The molecule has 0 amide bonds. The zero-order valence-electron chi connectivity index (χ0n) is 24.2. The molecule has 0 N–H and O–H groups in total. The lowest BCUT2D eigenvalue weighted by Crippen LogP contribution is -1.92. The van der Waals surface area contributed by atoms with Gasteiger partial charge in [0.2, 0.25) is 0 Å². The van der Waals surface area contributed by atoms with E-state index in [0.717, 1.165) is 49.8 Å². The second kappa shape index (κ2) is 9.43. The first-order chi connectivity index (χ1) is 22.3. The summed E-state index contributed by atoms with van der Waals surface area (Å²) in [6.45, 7) is 0. The maximum absolute atomic E-state index is 6.81. The van der Waals surface area contributed by atoms with E-state index >= 15 is 0 Å². The van der Waals surface area contributed by atoms with Crippen molar-refractivity contribution in [1.29, 1.82) is 0 Å². The zero-order chi connectivity index (χ0) is 29.5. The molecule has 0 atom stereocenters. The minimum absolute atomic E-state index is 0.918. The summed E-state index contributed by atoms with van der Waals surface area (Å²) in [4.78, 5) is 0. The number of nitrogens with zero attached hydrogens (tertiary/aromatic N) is 1. The standard InChI is InChI=1S/C42H25NOS/c1-2-13-30(14-3-1)43-36-19-7-6-16-33(36)42-40(43)35-18-9-17-32(41(35)44-42)29-12-8-11-27(24-29)28-20-22-34-38(25-28)45-37-23-21-26-10-4-5-15-31(26)39(34)37/h1-25H. The number of aromatic nitrogens is 1. The molecule has 10 rings (SSSR count). The minimum atomic E-state index is 0.918. The largest absolute Gasteiger partial charge is 0.453 e. The van der Waals surface area contributed by atoms with Crippen molar-refractivity contribution in [3.05, 3.63) is 152 Å². The summed E-state index contributed by atoms with van der Waals surface area (Å²) < 4.78 is 11.8. The van der Waals surface area contributed by atoms with Crippen molar-refractivity contribution in [1.82, 2.24) is 4.57 Å². The van der Waals surface area contributed by atoms with Crippen LogP contribution in [-0.4, -0.2) is 4.57 Å². The van der Waals surface area contributed by atoms with Gasteiger partial charge in [0.1, 0.15) is 11.1 Å². The summed E-state index contributed by atoms with van der Waals surface area (Å²) in [5.74, 6) is 0. The van der Waals surface area contributed by atoms with E-state index in [0.29, 0.717) is 0 Å². The lowest BCUT2D eigenvalue weighted by Gasteiger charge is -2.09. The lowest BCUT2D eigenvalue weighted by molar-refractivity contribution is 0.674. The molecule has 7 aromatic carbocycles. The van der Waals surface area contributed by atoms with Crippen molar-refractivity contribution in [2.45, 2.75) is 0 Å². The number of hydrogen-bond donors (Lipinski definition) is 0. The van der Waals surface area contributed by atoms with Gasteiger partial charge in [0.15, 0.2) is 5.58 Å². The van der Waals surface area contributed by atoms with Gasteiger partial charge in [-0.2, -0.15) is 0 Å². The Balaban J connectivity index is 1.15. The van der Waals surface area contributed by atoms with Crippen LogP contribution in [-0.2, 0) is 0 Å². The first-order valence-corrected chi connectivity index (χ1v) is 16.1. The Morgan fingerprint density at radius 3 is 2.16 bits per heavy atom. The number of furan rings is 1. The average Bonchev–Trinajstić information content (AvgIpc) is 3.77. The van der Waals surface area contributed by atoms with E-state index in [4.69, 9.17) is 4.42 Å². The van der Waals surface area contributed by atoms with Gasteiger partial charge in [-0.25, -0.2) is 0 Å². The van der Waals surface area contributed by atoms with Crippen molar-refractivity contribution in [3.8, 4) is 27.9 Å². The molecule has 3 aromatic heterocycles. The molecule has 2 nitrogen and oxygen atoms in total. The van der Waals surface area contributed by atoms with Gasteiger partial charge in [0, 0.05) is 42.2 Å². The summed E-state index contributed by atoms with van der Waals surface area (Å²) in [7, 11) is 0. The van der Waals surface area contributed by atoms with Gasteiger partial charge in [-0.1, -0.05) is 103 Å². The number of para-hydroxylation sites is 3. The van der Waals surface area contributed by atoms with Gasteiger partial charge in [0.25, 0.3) is 0 Å². The molecule has 45 heavy (non-hydrogen) atoms. The Labute approximate surface area is 263 Å². The van der Waals surface area contributed by atoms with Gasteiger partial charge in [-0.05, 0) is 76.0 Å². The molecule has 10 aromatic rings. The van der Waals surface area contributed by atoms with Crippen LogP contribution in [0.15, 0.2) is 156 Å². The van der Waals surface area contributed by atoms with E-state index in [2.05, 4.69) is 156 Å². The van der Waals surface area contributed by atoms with Crippen molar-refractivity contribution >= 4 is 75.3 Å². The SMILES string of the molecule is c1ccc(-n2c3ccccc3c3oc4c(-c5cccc(-c6ccc7c(c6)sc6ccc8ccccc8c67)c5)cccc4c32)cc1. The maximum Gasteiger partial charge on any atom is 0.161 e.